The molecule has 0 aliphatic rings. The summed E-state index contributed by atoms with van der Waals surface area (Å²) < 4.78 is 2.33. The van der Waals surface area contributed by atoms with Crippen LogP contribution in [0.25, 0.3) is 38.6 Å². The molecule has 3 aromatic carbocycles. The first kappa shape index (κ1) is 18.9. The molecule has 0 saturated carbocycles. The van der Waals surface area contributed by atoms with Crippen LogP contribution in [0, 0.1) is 33.8 Å². The molecule has 5 aromatic rings. The average molecular weight is 542 g/mol. The second kappa shape index (κ2) is 6.84. The van der Waals surface area contributed by atoms with Crippen molar-refractivity contribution < 1.29 is 20.1 Å². The molecule has 0 fully saturated rings. The van der Waals surface area contributed by atoms with Gasteiger partial charge >= 0.3 is 0 Å². The van der Waals surface area contributed by atoms with Gasteiger partial charge in [0.1, 0.15) is 0 Å². The maximum Gasteiger partial charge on any atom is 0.0669 e. The molecule has 141 valence electrons. The Bertz CT molecular complexity index is 1340. The van der Waals surface area contributed by atoms with Gasteiger partial charge in [-0.3, -0.25) is 4.98 Å². The van der Waals surface area contributed by atoms with E-state index in [1.165, 1.54) is 44.2 Å². The zero-order valence-electron chi connectivity index (χ0n) is 16.4. The molecular formula is C25H21IrN2-. The third-order valence-corrected chi connectivity index (χ3v) is 5.48. The normalized spacial score (nSPS) is 11.3. The van der Waals surface area contributed by atoms with Gasteiger partial charge in [0.2, 0.25) is 0 Å². The van der Waals surface area contributed by atoms with E-state index in [0.29, 0.717) is 0 Å². The third kappa shape index (κ3) is 2.62. The zero-order valence-corrected chi connectivity index (χ0v) is 18.8. The Morgan fingerprint density at radius 3 is 2.29 bits per heavy atom. The van der Waals surface area contributed by atoms with Crippen LogP contribution in [0.2, 0.25) is 0 Å². The molecule has 0 spiro atoms. The quantitative estimate of drug-likeness (QED) is 0.179. The van der Waals surface area contributed by atoms with Crippen LogP contribution in [0.15, 0.2) is 54.6 Å². The second-order valence-corrected chi connectivity index (χ2v) is 7.45. The fraction of sp³-hybridized carbons (Fsp3) is 0.160. The van der Waals surface area contributed by atoms with E-state index in [1.54, 1.807) is 0 Å². The minimum atomic E-state index is 0. The summed E-state index contributed by atoms with van der Waals surface area (Å²) >= 11 is 0. The number of rotatable bonds is 1. The summed E-state index contributed by atoms with van der Waals surface area (Å²) in [5.41, 5.74) is 9.58. The first-order valence-electron chi connectivity index (χ1n) is 9.34. The monoisotopic (exact) mass is 542 g/mol. The van der Waals surface area contributed by atoms with Crippen LogP contribution in [0.1, 0.15) is 22.4 Å². The smallest absolute Gasteiger partial charge is 0.0669 e. The van der Waals surface area contributed by atoms with Crippen LogP contribution < -0.4 is 0 Å². The number of aromatic nitrogens is 2. The Balaban J connectivity index is 0.00000192. The summed E-state index contributed by atoms with van der Waals surface area (Å²) in [5, 5.41) is 3.51. The number of para-hydroxylation sites is 1. The number of imidazole rings is 1. The molecule has 5 rings (SSSR count). The van der Waals surface area contributed by atoms with Gasteiger partial charge in [-0.25, -0.2) is 0 Å². The first-order valence-corrected chi connectivity index (χ1v) is 9.34. The maximum atomic E-state index is 5.00. The van der Waals surface area contributed by atoms with Crippen LogP contribution >= 0.6 is 0 Å². The van der Waals surface area contributed by atoms with Crippen molar-refractivity contribution in [1.82, 2.24) is 9.38 Å². The summed E-state index contributed by atoms with van der Waals surface area (Å²) in [4.78, 5) is 5.00. The summed E-state index contributed by atoms with van der Waals surface area (Å²) in [7, 11) is 0. The second-order valence-electron chi connectivity index (χ2n) is 7.45. The third-order valence-electron chi connectivity index (χ3n) is 5.48. The Morgan fingerprint density at radius 1 is 0.857 bits per heavy atom. The summed E-state index contributed by atoms with van der Waals surface area (Å²) in [6, 6.07) is 22.7. The van der Waals surface area contributed by atoms with Crippen molar-refractivity contribution in [2.45, 2.75) is 27.7 Å². The molecular weight excluding hydrogens is 521 g/mol. The van der Waals surface area contributed by atoms with Crippen LogP contribution in [0.4, 0.5) is 0 Å². The van der Waals surface area contributed by atoms with E-state index in [1.807, 2.05) is 6.07 Å². The van der Waals surface area contributed by atoms with Gasteiger partial charge in [-0.2, -0.15) is 0 Å². The van der Waals surface area contributed by atoms with Crippen LogP contribution in [0.3, 0.4) is 0 Å². The number of fused-ring (bicyclic) bond motifs is 6. The van der Waals surface area contributed by atoms with Crippen molar-refractivity contribution in [3.63, 3.8) is 0 Å². The summed E-state index contributed by atoms with van der Waals surface area (Å²) in [6.07, 6.45) is 0. The number of nitrogens with zero attached hydrogens (tertiary/aromatic N) is 2. The molecule has 0 saturated heterocycles. The van der Waals surface area contributed by atoms with Crippen molar-refractivity contribution in [3.8, 4) is 11.3 Å². The van der Waals surface area contributed by atoms with E-state index in [4.69, 9.17) is 4.98 Å². The number of benzene rings is 3. The molecule has 0 aliphatic carbocycles. The first-order chi connectivity index (χ1) is 13.1. The van der Waals surface area contributed by atoms with Gasteiger partial charge < -0.3 is 4.40 Å². The van der Waals surface area contributed by atoms with Gasteiger partial charge in [-0.15, -0.1) is 29.7 Å². The van der Waals surface area contributed by atoms with Gasteiger partial charge in [0.25, 0.3) is 0 Å². The zero-order chi connectivity index (χ0) is 18.7. The molecule has 0 unspecified atom stereocenters. The molecule has 2 nitrogen and oxygen atoms in total. The molecule has 28 heavy (non-hydrogen) atoms. The van der Waals surface area contributed by atoms with Crippen LogP contribution in [-0.2, 0) is 20.1 Å². The predicted octanol–water partition coefficient (Wildman–Crippen LogP) is 6.34. The molecule has 0 amide bonds. The van der Waals surface area contributed by atoms with Gasteiger partial charge in [-0.05, 0) is 50.3 Å². The SMILES string of the molecule is Cc1cc(C)c(-c2c(C)nc3c4[c-]cccc4c4ccccc4n23)c(C)c1.[Ir]. The molecule has 3 heteroatoms. The Hall–Kier alpha value is -2.48. The molecule has 0 aliphatic heterocycles. The average Bonchev–Trinajstić information content (AvgIpc) is 2.99. The van der Waals surface area contributed by atoms with Crippen molar-refractivity contribution in [2.24, 2.45) is 0 Å². The number of hydrogen-bond donors (Lipinski definition) is 0. The van der Waals surface area contributed by atoms with Gasteiger partial charge in [0.15, 0.2) is 0 Å². The number of hydrogen-bond acceptors (Lipinski definition) is 1. The Kier molecular flexibility index (Phi) is 4.61. The van der Waals surface area contributed by atoms with E-state index < -0.39 is 0 Å². The fourth-order valence-electron chi connectivity index (χ4n) is 4.52. The minimum absolute atomic E-state index is 0. The van der Waals surface area contributed by atoms with Gasteiger partial charge in [0, 0.05) is 31.2 Å². The molecule has 0 bridgehead atoms. The molecule has 1 radical (unpaired) electrons. The predicted molar refractivity (Wildman–Crippen MR) is 113 cm³/mol. The van der Waals surface area contributed by atoms with E-state index in [9.17, 15) is 0 Å². The van der Waals surface area contributed by atoms with Crippen molar-refractivity contribution >= 4 is 27.3 Å². The standard InChI is InChI=1S/C25H21N2.Ir/c1-15-13-16(2)23(17(3)14-15)24-18(4)26-25-21-11-6-5-9-19(21)20-10-7-8-12-22(20)27(24)25;/h5-10,12-14H,1-4H3;/q-1;. The number of pyridine rings is 1. The van der Waals surface area contributed by atoms with E-state index in [2.05, 4.69) is 86.7 Å². The van der Waals surface area contributed by atoms with Crippen molar-refractivity contribution in [2.75, 3.05) is 0 Å². The molecule has 0 N–H and O–H groups in total. The molecule has 0 atom stereocenters. The Morgan fingerprint density at radius 2 is 1.54 bits per heavy atom. The number of aryl methyl sites for hydroxylation is 4. The summed E-state index contributed by atoms with van der Waals surface area (Å²) in [6.45, 7) is 8.67. The fourth-order valence-corrected chi connectivity index (χ4v) is 4.52. The van der Waals surface area contributed by atoms with E-state index in [-0.39, 0.29) is 20.1 Å². The van der Waals surface area contributed by atoms with Gasteiger partial charge in [-0.1, -0.05) is 41.3 Å². The maximum absolute atomic E-state index is 5.00. The van der Waals surface area contributed by atoms with Crippen molar-refractivity contribution in [3.05, 3.63) is 83.0 Å². The van der Waals surface area contributed by atoms with Crippen molar-refractivity contribution in [1.29, 1.82) is 0 Å². The minimum Gasteiger partial charge on any atom is -0.333 e. The Labute approximate surface area is 178 Å². The van der Waals surface area contributed by atoms with Gasteiger partial charge in [0.05, 0.1) is 17.0 Å². The van der Waals surface area contributed by atoms with Crippen LogP contribution in [-0.4, -0.2) is 9.38 Å². The molecule has 2 heterocycles. The topological polar surface area (TPSA) is 17.3 Å². The molecule has 2 aromatic heterocycles. The van der Waals surface area contributed by atoms with E-state index in [0.717, 1.165) is 16.7 Å². The summed E-state index contributed by atoms with van der Waals surface area (Å²) in [5.74, 6) is 0. The van der Waals surface area contributed by atoms with Crippen LogP contribution in [0.5, 0.6) is 0 Å². The van der Waals surface area contributed by atoms with E-state index >= 15 is 0 Å². The largest absolute Gasteiger partial charge is 0.333 e.